The van der Waals surface area contributed by atoms with Gasteiger partial charge in [-0.1, -0.05) is 18.2 Å². The highest BCUT2D eigenvalue weighted by Crippen LogP contribution is 2.41. The zero-order valence-corrected chi connectivity index (χ0v) is 12.8. The molecule has 1 aliphatic rings. The second kappa shape index (κ2) is 3.83. The van der Waals surface area contributed by atoms with Gasteiger partial charge < -0.3 is 4.57 Å². The summed E-state index contributed by atoms with van der Waals surface area (Å²) in [4.78, 5) is 12.7. The Morgan fingerprint density at radius 1 is 1.05 bits per heavy atom. The Kier molecular flexibility index (Phi) is 2.28. The predicted molar refractivity (Wildman–Crippen MR) is 83.9 cm³/mol. The van der Waals surface area contributed by atoms with E-state index in [1.807, 2.05) is 31.2 Å². The number of fused-ring (bicyclic) bond motifs is 5. The number of benzene rings is 2. The van der Waals surface area contributed by atoms with Crippen LogP contribution in [0, 0.1) is 13.8 Å². The minimum absolute atomic E-state index is 0.103. The van der Waals surface area contributed by atoms with Gasteiger partial charge in [0, 0.05) is 10.9 Å². The fourth-order valence-electron chi connectivity index (χ4n) is 2.95. The number of carbonyl (C=O) groups excluding carboxylic acids is 1. The summed E-state index contributed by atoms with van der Waals surface area (Å²) in [7, 11) is 0. The van der Waals surface area contributed by atoms with Crippen LogP contribution in [0.15, 0.2) is 40.9 Å². The molecular weight excluding hydrogens is 314 g/mol. The molecule has 1 aliphatic heterocycles. The van der Waals surface area contributed by atoms with Gasteiger partial charge in [-0.25, -0.2) is 0 Å². The van der Waals surface area contributed by atoms with Gasteiger partial charge in [-0.3, -0.25) is 4.79 Å². The first kappa shape index (κ1) is 11.9. The van der Waals surface area contributed by atoms with E-state index in [2.05, 4.69) is 39.6 Å². The first-order valence-corrected chi connectivity index (χ1v) is 7.34. The van der Waals surface area contributed by atoms with Crippen LogP contribution >= 0.6 is 15.9 Å². The number of nitrogens with zero attached hydrogens (tertiary/aromatic N) is 1. The molecule has 0 saturated heterocycles. The van der Waals surface area contributed by atoms with Crippen LogP contribution in [0.3, 0.4) is 0 Å². The molecule has 0 atom stereocenters. The number of hydrogen-bond donors (Lipinski definition) is 0. The Morgan fingerprint density at radius 2 is 1.75 bits per heavy atom. The third-order valence-electron chi connectivity index (χ3n) is 4.13. The van der Waals surface area contributed by atoms with E-state index in [0.717, 1.165) is 37.9 Å². The molecule has 0 amide bonds. The van der Waals surface area contributed by atoms with Crippen molar-refractivity contribution in [1.82, 2.24) is 4.57 Å². The van der Waals surface area contributed by atoms with Gasteiger partial charge in [0.05, 0.1) is 15.7 Å². The number of aromatic nitrogens is 1. The minimum atomic E-state index is 0.103. The Balaban J connectivity index is 2.20. The Hall–Kier alpha value is -1.87. The second-order valence-electron chi connectivity index (χ2n) is 5.30. The van der Waals surface area contributed by atoms with E-state index < -0.39 is 0 Å². The van der Waals surface area contributed by atoms with E-state index in [4.69, 9.17) is 0 Å². The maximum absolute atomic E-state index is 12.7. The van der Waals surface area contributed by atoms with Crippen LogP contribution in [0.5, 0.6) is 0 Å². The van der Waals surface area contributed by atoms with Crippen LogP contribution in [-0.4, -0.2) is 10.4 Å². The Morgan fingerprint density at radius 3 is 2.55 bits per heavy atom. The van der Waals surface area contributed by atoms with Crippen LogP contribution < -0.4 is 0 Å². The highest BCUT2D eigenvalue weighted by molar-refractivity contribution is 9.10. The van der Waals surface area contributed by atoms with Crippen molar-refractivity contribution in [2.45, 2.75) is 13.8 Å². The molecule has 0 bridgehead atoms. The first-order chi connectivity index (χ1) is 9.59. The predicted octanol–water partition coefficient (Wildman–Crippen LogP) is 4.55. The van der Waals surface area contributed by atoms with Gasteiger partial charge >= 0.3 is 0 Å². The number of halogens is 1. The largest absolute Gasteiger partial charge is 0.304 e. The fraction of sp³-hybridized carbons (Fsp3) is 0.118. The molecule has 2 heterocycles. The average molecular weight is 326 g/mol. The molecule has 3 heteroatoms. The van der Waals surface area contributed by atoms with Crippen LogP contribution in [0.4, 0.5) is 0 Å². The molecule has 0 saturated carbocycles. The van der Waals surface area contributed by atoms with E-state index in [9.17, 15) is 4.79 Å². The standard InChI is InChI=1S/C17H12BrNO/c1-9-7-12-14(8-10(9)2)19-13-6-4-3-5-11(13)15(18)16(19)17(12)20/h3-8H,1-2H3. The molecule has 0 unspecified atom stereocenters. The number of ketones is 1. The Labute approximate surface area is 125 Å². The summed E-state index contributed by atoms with van der Waals surface area (Å²) in [5.41, 5.74) is 5.97. The van der Waals surface area contributed by atoms with E-state index in [-0.39, 0.29) is 5.78 Å². The summed E-state index contributed by atoms with van der Waals surface area (Å²) < 4.78 is 2.97. The van der Waals surface area contributed by atoms with Gasteiger partial charge in [0.1, 0.15) is 5.69 Å². The smallest absolute Gasteiger partial charge is 0.213 e. The van der Waals surface area contributed by atoms with Crippen LogP contribution in [-0.2, 0) is 0 Å². The maximum atomic E-state index is 12.7. The lowest BCUT2D eigenvalue weighted by molar-refractivity contribution is 0.103. The van der Waals surface area contributed by atoms with Gasteiger partial charge in [-0.2, -0.15) is 0 Å². The molecule has 2 aromatic carbocycles. The maximum Gasteiger partial charge on any atom is 0.213 e. The van der Waals surface area contributed by atoms with E-state index in [0.29, 0.717) is 0 Å². The van der Waals surface area contributed by atoms with Crippen molar-refractivity contribution in [3.05, 3.63) is 63.3 Å². The number of rotatable bonds is 0. The van der Waals surface area contributed by atoms with Crippen molar-refractivity contribution < 1.29 is 4.79 Å². The van der Waals surface area contributed by atoms with Crippen LogP contribution in [0.25, 0.3) is 16.6 Å². The summed E-state index contributed by atoms with van der Waals surface area (Å²) in [6, 6.07) is 12.2. The van der Waals surface area contributed by atoms with E-state index in [1.54, 1.807) is 0 Å². The summed E-state index contributed by atoms with van der Waals surface area (Å²) in [6.45, 7) is 4.13. The number of aryl methyl sites for hydroxylation is 2. The van der Waals surface area contributed by atoms with E-state index in [1.165, 1.54) is 5.56 Å². The quantitative estimate of drug-likeness (QED) is 0.464. The van der Waals surface area contributed by atoms with Gasteiger partial charge in [-0.15, -0.1) is 0 Å². The fourth-order valence-corrected chi connectivity index (χ4v) is 3.64. The van der Waals surface area contributed by atoms with Crippen molar-refractivity contribution >= 4 is 32.6 Å². The lowest BCUT2D eigenvalue weighted by atomic mass is 10.0. The third kappa shape index (κ3) is 1.31. The molecular formula is C17H12BrNO. The minimum Gasteiger partial charge on any atom is -0.304 e. The number of carbonyl (C=O) groups is 1. The Bertz CT molecular complexity index is 905. The van der Waals surface area contributed by atoms with Gasteiger partial charge in [0.25, 0.3) is 0 Å². The molecule has 0 spiro atoms. The summed E-state index contributed by atoms with van der Waals surface area (Å²) in [6.07, 6.45) is 0. The molecule has 0 radical (unpaired) electrons. The zero-order chi connectivity index (χ0) is 14.0. The lowest BCUT2D eigenvalue weighted by Crippen LogP contribution is -1.96. The molecule has 3 aromatic rings. The van der Waals surface area contributed by atoms with Gasteiger partial charge in [0.2, 0.25) is 5.78 Å². The third-order valence-corrected chi connectivity index (χ3v) is 4.93. The highest BCUT2D eigenvalue weighted by atomic mass is 79.9. The average Bonchev–Trinajstić information content (AvgIpc) is 2.88. The molecule has 0 aliphatic carbocycles. The van der Waals surface area contributed by atoms with Crippen LogP contribution in [0.1, 0.15) is 27.2 Å². The van der Waals surface area contributed by atoms with Crippen molar-refractivity contribution in [2.24, 2.45) is 0 Å². The monoisotopic (exact) mass is 325 g/mol. The highest BCUT2D eigenvalue weighted by Gasteiger charge is 2.32. The summed E-state index contributed by atoms with van der Waals surface area (Å²) >= 11 is 3.60. The van der Waals surface area contributed by atoms with Crippen molar-refractivity contribution in [3.63, 3.8) is 0 Å². The molecule has 2 nitrogen and oxygen atoms in total. The molecule has 0 fully saturated rings. The molecule has 0 N–H and O–H groups in total. The number of hydrogen-bond acceptors (Lipinski definition) is 1. The summed E-state index contributed by atoms with van der Waals surface area (Å²) in [5, 5.41) is 1.08. The van der Waals surface area contributed by atoms with E-state index >= 15 is 0 Å². The SMILES string of the molecule is Cc1cc2c(cc1C)-n1c(c(Br)c3ccccc31)C2=O. The van der Waals surface area contributed by atoms with Crippen molar-refractivity contribution in [2.75, 3.05) is 0 Å². The number of para-hydroxylation sites is 1. The second-order valence-corrected chi connectivity index (χ2v) is 6.09. The van der Waals surface area contributed by atoms with Gasteiger partial charge in [-0.05, 0) is 59.1 Å². The van der Waals surface area contributed by atoms with Crippen molar-refractivity contribution in [3.8, 4) is 5.69 Å². The normalized spacial score (nSPS) is 12.8. The molecule has 20 heavy (non-hydrogen) atoms. The molecule has 1 aromatic heterocycles. The van der Waals surface area contributed by atoms with Gasteiger partial charge in [0.15, 0.2) is 0 Å². The van der Waals surface area contributed by atoms with Crippen LogP contribution in [0.2, 0.25) is 0 Å². The zero-order valence-electron chi connectivity index (χ0n) is 11.2. The first-order valence-electron chi connectivity index (χ1n) is 6.55. The summed E-state index contributed by atoms with van der Waals surface area (Å²) in [5.74, 6) is 0.103. The lowest BCUT2D eigenvalue weighted by Gasteiger charge is -2.07. The molecule has 4 rings (SSSR count). The van der Waals surface area contributed by atoms with Crippen molar-refractivity contribution in [1.29, 1.82) is 0 Å². The topological polar surface area (TPSA) is 22.0 Å². The molecule has 98 valence electrons.